The lowest BCUT2D eigenvalue weighted by Crippen LogP contribution is -2.04. The topological polar surface area (TPSA) is 37.8 Å². The molecule has 2 aromatic carbocycles. The first-order valence-corrected chi connectivity index (χ1v) is 7.36. The van der Waals surface area contributed by atoms with Gasteiger partial charge in [-0.2, -0.15) is 13.2 Å². The van der Waals surface area contributed by atoms with E-state index in [-0.39, 0.29) is 16.7 Å². The molecule has 0 aliphatic carbocycles. The van der Waals surface area contributed by atoms with Gasteiger partial charge in [-0.25, -0.2) is 9.37 Å². The maximum Gasteiger partial charge on any atom is 0.416 e. The molecule has 3 aromatic rings. The number of aromatic nitrogens is 2. The van der Waals surface area contributed by atoms with Crippen LogP contribution in [-0.2, 0) is 6.18 Å². The van der Waals surface area contributed by atoms with Gasteiger partial charge in [-0.3, -0.25) is 4.98 Å². The van der Waals surface area contributed by atoms with E-state index in [0.29, 0.717) is 11.5 Å². The minimum Gasteiger partial charge on any atom is -0.372 e. The Labute approximate surface area is 141 Å². The van der Waals surface area contributed by atoms with Gasteiger partial charge in [-0.15, -0.1) is 0 Å². The zero-order valence-corrected chi connectivity index (χ0v) is 13.1. The Morgan fingerprint density at radius 2 is 1.64 bits per heavy atom. The van der Waals surface area contributed by atoms with Crippen LogP contribution in [0.25, 0.3) is 22.4 Å². The Hall–Kier alpha value is -2.96. The Morgan fingerprint density at radius 3 is 2.28 bits per heavy atom. The molecule has 1 aromatic heterocycles. The van der Waals surface area contributed by atoms with Gasteiger partial charge in [0.25, 0.3) is 0 Å². The largest absolute Gasteiger partial charge is 0.416 e. The van der Waals surface area contributed by atoms with E-state index in [1.54, 1.807) is 13.1 Å². The van der Waals surface area contributed by atoms with E-state index in [9.17, 15) is 17.6 Å². The average Bonchev–Trinajstić information content (AvgIpc) is 2.61. The predicted octanol–water partition coefficient (Wildman–Crippen LogP) is 5.01. The third kappa shape index (κ3) is 3.45. The Bertz CT molecular complexity index is 890. The highest BCUT2D eigenvalue weighted by atomic mass is 19.4. The molecule has 0 aliphatic rings. The average molecular weight is 347 g/mol. The van der Waals surface area contributed by atoms with Crippen molar-refractivity contribution >= 4 is 5.82 Å². The van der Waals surface area contributed by atoms with Crippen LogP contribution in [0, 0.1) is 5.82 Å². The van der Waals surface area contributed by atoms with Crippen LogP contribution in [0.15, 0.2) is 54.9 Å². The van der Waals surface area contributed by atoms with Crippen molar-refractivity contribution in [2.24, 2.45) is 0 Å². The monoisotopic (exact) mass is 347 g/mol. The quantitative estimate of drug-likeness (QED) is 0.677. The van der Waals surface area contributed by atoms with Crippen molar-refractivity contribution in [3.63, 3.8) is 0 Å². The van der Waals surface area contributed by atoms with Crippen LogP contribution < -0.4 is 5.32 Å². The van der Waals surface area contributed by atoms with Crippen LogP contribution in [0.4, 0.5) is 23.4 Å². The molecular formula is C18H13F4N3. The molecule has 0 spiro atoms. The van der Waals surface area contributed by atoms with E-state index >= 15 is 0 Å². The van der Waals surface area contributed by atoms with Gasteiger partial charge in [-0.05, 0) is 23.8 Å². The van der Waals surface area contributed by atoms with Crippen molar-refractivity contribution in [3.8, 4) is 22.4 Å². The molecule has 3 nitrogen and oxygen atoms in total. The molecule has 0 atom stereocenters. The summed E-state index contributed by atoms with van der Waals surface area (Å²) in [5.74, 6) is -0.119. The van der Waals surface area contributed by atoms with Crippen molar-refractivity contribution in [2.45, 2.75) is 6.18 Å². The van der Waals surface area contributed by atoms with Gasteiger partial charge in [-0.1, -0.05) is 24.3 Å². The van der Waals surface area contributed by atoms with Gasteiger partial charge in [0, 0.05) is 18.2 Å². The normalized spacial score (nSPS) is 11.4. The maximum absolute atomic E-state index is 14.9. The number of hydrogen-bond donors (Lipinski definition) is 1. The molecule has 1 heterocycles. The summed E-state index contributed by atoms with van der Waals surface area (Å²) in [5, 5.41) is 2.80. The van der Waals surface area contributed by atoms with Gasteiger partial charge in [0.15, 0.2) is 0 Å². The fourth-order valence-corrected chi connectivity index (χ4v) is 2.41. The van der Waals surface area contributed by atoms with Crippen molar-refractivity contribution < 1.29 is 17.6 Å². The molecule has 0 unspecified atom stereocenters. The molecule has 1 N–H and O–H groups in total. The number of nitrogens with zero attached hydrogens (tertiary/aromatic N) is 2. The molecular weight excluding hydrogens is 334 g/mol. The second kappa shape index (κ2) is 6.51. The van der Waals surface area contributed by atoms with Gasteiger partial charge < -0.3 is 5.32 Å². The SMILES string of the molecule is CNc1cnc(-c2cccc(-c3cccc(C(F)(F)F)c3)c2F)cn1. The van der Waals surface area contributed by atoms with Gasteiger partial charge in [0.2, 0.25) is 0 Å². The fraction of sp³-hybridized carbons (Fsp3) is 0.111. The van der Waals surface area contributed by atoms with Crippen molar-refractivity contribution in [1.29, 1.82) is 0 Å². The summed E-state index contributed by atoms with van der Waals surface area (Å²) in [4.78, 5) is 8.20. The fourth-order valence-electron chi connectivity index (χ4n) is 2.41. The molecule has 0 saturated carbocycles. The lowest BCUT2D eigenvalue weighted by molar-refractivity contribution is -0.137. The molecule has 0 fully saturated rings. The smallest absolute Gasteiger partial charge is 0.372 e. The molecule has 0 saturated heterocycles. The van der Waals surface area contributed by atoms with Crippen LogP contribution >= 0.6 is 0 Å². The summed E-state index contributed by atoms with van der Waals surface area (Å²) in [6.45, 7) is 0. The zero-order valence-electron chi connectivity index (χ0n) is 13.1. The summed E-state index contributed by atoms with van der Waals surface area (Å²) in [7, 11) is 1.68. The van der Waals surface area contributed by atoms with Crippen LogP contribution in [0.3, 0.4) is 0 Å². The van der Waals surface area contributed by atoms with Crippen molar-refractivity contribution in [1.82, 2.24) is 9.97 Å². The third-order valence-corrected chi connectivity index (χ3v) is 3.68. The number of halogens is 4. The number of alkyl halides is 3. The van der Waals surface area contributed by atoms with Crippen molar-refractivity contribution in [2.75, 3.05) is 12.4 Å². The molecule has 128 valence electrons. The van der Waals surface area contributed by atoms with Crippen LogP contribution in [0.2, 0.25) is 0 Å². The number of rotatable bonds is 3. The van der Waals surface area contributed by atoms with E-state index in [2.05, 4.69) is 15.3 Å². The van der Waals surface area contributed by atoms with Crippen LogP contribution in [-0.4, -0.2) is 17.0 Å². The molecule has 0 radical (unpaired) electrons. The maximum atomic E-state index is 14.9. The summed E-state index contributed by atoms with van der Waals surface area (Å²) < 4.78 is 53.5. The van der Waals surface area contributed by atoms with Crippen LogP contribution in [0.1, 0.15) is 5.56 Å². The van der Waals surface area contributed by atoms with Crippen LogP contribution in [0.5, 0.6) is 0 Å². The summed E-state index contributed by atoms with van der Waals surface area (Å²) in [5.41, 5.74) is -0.138. The minimum absolute atomic E-state index is 0.0723. The molecule has 0 amide bonds. The summed E-state index contributed by atoms with van der Waals surface area (Å²) >= 11 is 0. The summed E-state index contributed by atoms with van der Waals surface area (Å²) in [6.07, 6.45) is -1.63. The minimum atomic E-state index is -4.49. The molecule has 7 heteroatoms. The third-order valence-electron chi connectivity index (χ3n) is 3.68. The molecule has 0 aliphatic heterocycles. The Balaban J connectivity index is 2.07. The lowest BCUT2D eigenvalue weighted by atomic mass is 9.99. The Morgan fingerprint density at radius 1 is 0.920 bits per heavy atom. The first-order valence-electron chi connectivity index (χ1n) is 7.36. The van der Waals surface area contributed by atoms with E-state index in [0.717, 1.165) is 12.1 Å². The second-order valence-electron chi connectivity index (χ2n) is 5.28. The highest BCUT2D eigenvalue weighted by molar-refractivity contribution is 5.73. The zero-order chi connectivity index (χ0) is 18.0. The Kier molecular flexibility index (Phi) is 4.39. The predicted molar refractivity (Wildman–Crippen MR) is 87.4 cm³/mol. The van der Waals surface area contributed by atoms with Gasteiger partial charge >= 0.3 is 6.18 Å². The lowest BCUT2D eigenvalue weighted by Gasteiger charge is -2.11. The first kappa shape index (κ1) is 16.9. The van der Waals surface area contributed by atoms with Gasteiger partial charge in [0.1, 0.15) is 11.6 Å². The molecule has 25 heavy (non-hydrogen) atoms. The number of anilines is 1. The highest BCUT2D eigenvalue weighted by Gasteiger charge is 2.30. The second-order valence-corrected chi connectivity index (χ2v) is 5.28. The van der Waals surface area contributed by atoms with Crippen molar-refractivity contribution in [3.05, 3.63) is 66.2 Å². The number of hydrogen-bond acceptors (Lipinski definition) is 3. The number of nitrogens with one attached hydrogen (secondary N) is 1. The molecule has 3 rings (SSSR count). The highest BCUT2D eigenvalue weighted by Crippen LogP contribution is 2.34. The van der Waals surface area contributed by atoms with E-state index < -0.39 is 17.6 Å². The first-order chi connectivity index (χ1) is 11.9. The van der Waals surface area contributed by atoms with E-state index in [4.69, 9.17) is 0 Å². The molecule has 0 bridgehead atoms. The summed E-state index contributed by atoms with van der Waals surface area (Å²) in [6, 6.07) is 9.09. The number of benzene rings is 2. The van der Waals surface area contributed by atoms with E-state index in [1.165, 1.54) is 36.7 Å². The van der Waals surface area contributed by atoms with Gasteiger partial charge in [0.05, 0.1) is 23.7 Å². The van der Waals surface area contributed by atoms with E-state index in [1.807, 2.05) is 0 Å². The standard InChI is InChI=1S/C18H13F4N3/c1-23-16-10-24-15(9-25-16)14-7-3-6-13(17(14)19)11-4-2-5-12(8-11)18(20,21)22/h2-10H,1H3,(H,23,25).